The Hall–Kier alpha value is -1.50. The molecule has 20 heteroatoms. The van der Waals surface area contributed by atoms with Gasteiger partial charge >= 0.3 is 0 Å². The lowest BCUT2D eigenvalue weighted by atomic mass is 10.3. The number of hydrogen-bond acceptors (Lipinski definition) is 20. The van der Waals surface area contributed by atoms with Crippen molar-refractivity contribution >= 4 is 0 Å². The first kappa shape index (κ1) is 117. The van der Waals surface area contributed by atoms with E-state index in [1.807, 2.05) is 39.8 Å². The third kappa shape index (κ3) is 310. The van der Waals surface area contributed by atoms with E-state index in [0.717, 1.165) is 97.4 Å². The van der Waals surface area contributed by atoms with Gasteiger partial charge in [-0.25, -0.2) is 0 Å². The van der Waals surface area contributed by atoms with Crippen LogP contribution in [0, 0.1) is 11.8 Å². The number of allylic oxidation sites excluding steroid dienone is 1. The van der Waals surface area contributed by atoms with Crippen molar-refractivity contribution in [2.45, 2.75) is 185 Å². The summed E-state index contributed by atoms with van der Waals surface area (Å²) < 4.78 is 56.7. The van der Waals surface area contributed by atoms with E-state index in [2.05, 4.69) is 77.1 Å². The summed E-state index contributed by atoms with van der Waals surface area (Å²) in [5.74, 6) is 5.42. The first-order valence-electron chi connectivity index (χ1n) is 30.8. The largest absolute Gasteiger partial charge is 0.396 e. The van der Waals surface area contributed by atoms with E-state index < -0.39 is 0 Å². The number of unbranched alkanes of at least 4 members (excludes halogenated alkanes) is 8. The average Bonchev–Trinajstić information content (AvgIpc) is 3.53. The van der Waals surface area contributed by atoms with Gasteiger partial charge in [-0.05, 0) is 98.8 Å². The van der Waals surface area contributed by atoms with E-state index in [1.165, 1.54) is 51.4 Å². The van der Waals surface area contributed by atoms with Gasteiger partial charge in [-0.2, -0.15) is 0 Å². The molecule has 20 nitrogen and oxygen atoms in total. The molecule has 526 valence electrons. The summed E-state index contributed by atoms with van der Waals surface area (Å²) in [7, 11) is 15.1. The third-order valence-corrected chi connectivity index (χ3v) is 8.02. The Morgan fingerprint density at radius 3 is 0.667 bits per heavy atom. The highest BCUT2D eigenvalue weighted by Gasteiger charge is 1.81. The second-order valence-electron chi connectivity index (χ2n) is 16.1. The molecule has 0 fully saturated rings. The van der Waals surface area contributed by atoms with Crippen molar-refractivity contribution in [1.29, 1.82) is 0 Å². The molecule has 0 aliphatic carbocycles. The molecule has 0 aliphatic heterocycles. The smallest absolute Gasteiger partial charge is 0.107 e. The summed E-state index contributed by atoms with van der Waals surface area (Å²) in [6, 6.07) is 0. The van der Waals surface area contributed by atoms with Gasteiger partial charge in [0.2, 0.25) is 0 Å². The van der Waals surface area contributed by atoms with E-state index in [-0.39, 0.29) is 39.6 Å². The molecule has 0 amide bonds. The van der Waals surface area contributed by atoms with E-state index in [1.54, 1.807) is 70.9 Å². The lowest BCUT2D eigenvalue weighted by Crippen LogP contribution is -1.96. The summed E-state index contributed by atoms with van der Waals surface area (Å²) >= 11 is 0. The maximum atomic E-state index is 8.20. The number of methoxy groups -OCH3 is 9. The Balaban J connectivity index is -0.0000000524. The number of ether oxygens (including phenoxy) is 12. The van der Waals surface area contributed by atoms with Crippen molar-refractivity contribution in [2.24, 2.45) is 0 Å². The molecule has 84 heavy (non-hydrogen) atoms. The van der Waals surface area contributed by atoms with Gasteiger partial charge in [0.1, 0.15) is 6.61 Å². The van der Waals surface area contributed by atoms with Crippen LogP contribution in [0.1, 0.15) is 185 Å². The van der Waals surface area contributed by atoms with E-state index in [0.29, 0.717) is 72.7 Å². The summed E-state index contributed by atoms with van der Waals surface area (Å²) in [4.78, 5) is 0. The fraction of sp³-hybridized carbons (Fsp3) is 0.938. The molecule has 0 unspecified atom stereocenters. The fourth-order valence-electron chi connectivity index (χ4n) is 3.44. The van der Waals surface area contributed by atoms with Gasteiger partial charge in [0.05, 0.1) is 46.2 Å². The van der Waals surface area contributed by atoms with Gasteiger partial charge < -0.3 is 97.7 Å². The Bertz CT molecular complexity index is 626. The molecule has 0 bridgehead atoms. The van der Waals surface area contributed by atoms with Crippen LogP contribution in [0.5, 0.6) is 0 Å². The Labute approximate surface area is 521 Å². The molecule has 0 heterocycles. The zero-order valence-electron chi connectivity index (χ0n) is 58.9. The monoisotopic (exact) mass is 1240 g/mol. The van der Waals surface area contributed by atoms with E-state index in [9.17, 15) is 0 Å². The molecule has 0 rings (SSSR count). The molecule has 0 aromatic rings. The zero-order chi connectivity index (χ0) is 67.6. The SMILES string of the molecule is C/C=C\COC.CC#CCOC.CCCCCO.CCCCCO.CCCCOC.CCCCOC.CCCCOC.CCCOCC.CCOCCO.CCOCCO.COCCCO.COCCCO.COCCOC.OCCCCO. The van der Waals surface area contributed by atoms with Crippen LogP contribution in [0.3, 0.4) is 0 Å². The number of hydrogen-bond donors (Lipinski definition) is 8. The summed E-state index contributed by atoms with van der Waals surface area (Å²) in [6.45, 7) is 35.0. The second-order valence-corrected chi connectivity index (χ2v) is 16.1. The van der Waals surface area contributed by atoms with Gasteiger partial charge in [-0.15, -0.1) is 5.92 Å². The highest BCUT2D eigenvalue weighted by molar-refractivity contribution is 4.94. The summed E-state index contributed by atoms with van der Waals surface area (Å²) in [6.07, 6.45) is 21.9. The van der Waals surface area contributed by atoms with Gasteiger partial charge in [-0.1, -0.05) is 105 Å². The van der Waals surface area contributed by atoms with Gasteiger partial charge in [0, 0.05) is 163 Å². The maximum absolute atomic E-state index is 8.20. The van der Waals surface area contributed by atoms with Gasteiger partial charge in [0.15, 0.2) is 0 Å². The molecule has 0 aromatic heterocycles. The van der Waals surface area contributed by atoms with Crippen LogP contribution < -0.4 is 0 Å². The minimum Gasteiger partial charge on any atom is -0.396 e. The molecule has 0 saturated heterocycles. The molecular formula is C64H150O20. The van der Waals surface area contributed by atoms with Crippen LogP contribution in [0.4, 0.5) is 0 Å². The lowest BCUT2D eigenvalue weighted by molar-refractivity contribution is 0.102. The topological polar surface area (TPSA) is 273 Å². The van der Waals surface area contributed by atoms with Crippen molar-refractivity contribution in [3.8, 4) is 11.8 Å². The molecule has 0 atom stereocenters. The number of aliphatic hydroxyl groups is 8. The molecule has 0 spiro atoms. The van der Waals surface area contributed by atoms with Crippen LogP contribution >= 0.6 is 0 Å². The van der Waals surface area contributed by atoms with Crippen molar-refractivity contribution in [3.63, 3.8) is 0 Å². The molecule has 0 aromatic carbocycles. The first-order valence-corrected chi connectivity index (χ1v) is 30.8. The molecule has 0 radical (unpaired) electrons. The van der Waals surface area contributed by atoms with Crippen LogP contribution in [0.2, 0.25) is 0 Å². The quantitative estimate of drug-likeness (QED) is 0.0161. The fourth-order valence-corrected chi connectivity index (χ4v) is 3.44. The molecule has 8 N–H and O–H groups in total. The molecule has 0 aliphatic rings. The van der Waals surface area contributed by atoms with Crippen molar-refractivity contribution in [2.75, 3.05) is 216 Å². The zero-order valence-corrected chi connectivity index (χ0v) is 58.9. The second kappa shape index (κ2) is 178. The number of rotatable bonds is 39. The summed E-state index contributed by atoms with van der Waals surface area (Å²) in [5.41, 5.74) is 0. The first-order chi connectivity index (χ1) is 40.8. The highest BCUT2D eigenvalue weighted by Crippen LogP contribution is 1.90. The average molecular weight is 1240 g/mol. The maximum Gasteiger partial charge on any atom is 0.107 e. The van der Waals surface area contributed by atoms with Crippen molar-refractivity contribution in [1.82, 2.24) is 0 Å². The predicted octanol–water partition coefficient (Wildman–Crippen LogP) is 10.0. The Kier molecular flexibility index (Phi) is 247. The van der Waals surface area contributed by atoms with Crippen molar-refractivity contribution < 1.29 is 97.7 Å². The Morgan fingerprint density at radius 1 is 0.286 bits per heavy atom. The van der Waals surface area contributed by atoms with Gasteiger partial charge in [-0.3, -0.25) is 0 Å². The molecular weight excluding hydrogens is 1090 g/mol. The third-order valence-electron chi connectivity index (χ3n) is 8.02. The Morgan fingerprint density at radius 2 is 0.560 bits per heavy atom. The van der Waals surface area contributed by atoms with E-state index in [4.69, 9.17) is 74.0 Å². The molecule has 0 saturated carbocycles. The standard InChI is InChI=1S/3C5H12O.C5H10O.C5H8O.3C5H12O.6C4H10O2/c5*1-3-4-5-6-2;1-3-5-6-4-2;2*1-2-3-4-5-6;1-5-3-4-6-2;2*1-6-4-2-3-5;2*1-2-6-4-3-5;5-3-1-2-4-6/h3*3-5H2,1-2H3;3-4H,5H2,1-2H3;5H2,1-2H3;3-5H2,1-2H3;2*6H,2-5H2,1H3;3-4H2,1-2H3;4*5H,2-4H2,1H3;5-6H,1-4H2/b;;;4-3-;;;;;;;;;;. The van der Waals surface area contributed by atoms with Crippen LogP contribution in [-0.4, -0.2) is 257 Å². The van der Waals surface area contributed by atoms with E-state index >= 15 is 0 Å². The predicted molar refractivity (Wildman–Crippen MR) is 354 cm³/mol. The lowest BCUT2D eigenvalue weighted by Gasteiger charge is -1.91. The van der Waals surface area contributed by atoms with Crippen molar-refractivity contribution in [3.05, 3.63) is 12.2 Å². The highest BCUT2D eigenvalue weighted by atomic mass is 16.5. The number of aliphatic hydroxyl groups excluding tert-OH is 8. The summed E-state index contributed by atoms with van der Waals surface area (Å²) in [5, 5.41) is 64.9. The van der Waals surface area contributed by atoms with Crippen LogP contribution in [-0.2, 0) is 56.8 Å². The minimum atomic E-state index is 0.133. The van der Waals surface area contributed by atoms with Crippen LogP contribution in [0.25, 0.3) is 0 Å². The minimum absolute atomic E-state index is 0.133. The normalized spacial score (nSPS) is 8.90. The van der Waals surface area contributed by atoms with Crippen LogP contribution in [0.15, 0.2) is 12.2 Å². The van der Waals surface area contributed by atoms with Gasteiger partial charge in [0.25, 0.3) is 0 Å².